The van der Waals surface area contributed by atoms with E-state index in [2.05, 4.69) is 22.8 Å². The zero-order valence-corrected chi connectivity index (χ0v) is 11.3. The minimum Gasteiger partial charge on any atom is -0.343 e. The minimum atomic E-state index is -0.143. The molecule has 0 atom stereocenters. The summed E-state index contributed by atoms with van der Waals surface area (Å²) in [6, 6.07) is 13.9. The Kier molecular flexibility index (Phi) is 2.62. The van der Waals surface area contributed by atoms with Gasteiger partial charge in [0.2, 0.25) is 0 Å². The van der Waals surface area contributed by atoms with Crippen LogP contribution in [0.5, 0.6) is 0 Å². The van der Waals surface area contributed by atoms with Crippen LogP contribution in [-0.4, -0.2) is 4.57 Å². The van der Waals surface area contributed by atoms with Gasteiger partial charge in [0.25, 0.3) is 0 Å². The molecular formula is C18H16FN. The summed E-state index contributed by atoms with van der Waals surface area (Å²) in [5, 5.41) is 0.702. The molecule has 0 radical (unpaired) electrons. The van der Waals surface area contributed by atoms with Gasteiger partial charge >= 0.3 is 0 Å². The van der Waals surface area contributed by atoms with Gasteiger partial charge in [0.15, 0.2) is 0 Å². The lowest BCUT2D eigenvalue weighted by Gasteiger charge is -2.08. The van der Waals surface area contributed by atoms with Gasteiger partial charge in [-0.1, -0.05) is 24.3 Å². The van der Waals surface area contributed by atoms with Crippen LogP contribution in [0.3, 0.4) is 0 Å². The molecular weight excluding hydrogens is 249 g/mol. The molecule has 0 bridgehead atoms. The molecule has 4 rings (SSSR count). The van der Waals surface area contributed by atoms with Crippen LogP contribution in [0, 0.1) is 5.82 Å². The first kappa shape index (κ1) is 11.7. The van der Waals surface area contributed by atoms with Crippen LogP contribution >= 0.6 is 0 Å². The quantitative estimate of drug-likeness (QED) is 0.650. The first-order valence-corrected chi connectivity index (χ1v) is 7.15. The van der Waals surface area contributed by atoms with E-state index in [4.69, 9.17) is 0 Å². The van der Waals surface area contributed by atoms with Gasteiger partial charge in [-0.15, -0.1) is 0 Å². The fourth-order valence-corrected chi connectivity index (χ4v) is 3.24. The van der Waals surface area contributed by atoms with Gasteiger partial charge in [0.05, 0.1) is 5.52 Å². The summed E-state index contributed by atoms with van der Waals surface area (Å²) < 4.78 is 15.8. The zero-order valence-electron chi connectivity index (χ0n) is 11.3. The van der Waals surface area contributed by atoms with Crippen LogP contribution in [0.25, 0.3) is 10.9 Å². The van der Waals surface area contributed by atoms with E-state index < -0.39 is 0 Å². The van der Waals surface area contributed by atoms with Crippen molar-refractivity contribution >= 4 is 10.9 Å². The Balaban J connectivity index is 1.72. The molecule has 1 aliphatic carbocycles. The number of benzene rings is 2. The maximum absolute atomic E-state index is 13.7. The van der Waals surface area contributed by atoms with Crippen LogP contribution in [-0.2, 0) is 19.4 Å². The normalized spacial score (nSPS) is 13.8. The SMILES string of the molecule is Fc1cccc2c1ccn2Cc1ccc2c(c1)CCC2. The van der Waals surface area contributed by atoms with Crippen LogP contribution in [0.1, 0.15) is 23.1 Å². The first-order chi connectivity index (χ1) is 9.81. The van der Waals surface area contributed by atoms with E-state index in [0.717, 1.165) is 12.1 Å². The van der Waals surface area contributed by atoms with Gasteiger partial charge in [-0.3, -0.25) is 0 Å². The number of nitrogens with zero attached hydrogens (tertiary/aromatic N) is 1. The summed E-state index contributed by atoms with van der Waals surface area (Å²) in [6.07, 6.45) is 5.66. The van der Waals surface area contributed by atoms with Crippen molar-refractivity contribution < 1.29 is 4.39 Å². The Hall–Kier alpha value is -2.09. The molecule has 0 N–H and O–H groups in total. The summed E-state index contributed by atoms with van der Waals surface area (Å²) in [6.45, 7) is 0.806. The van der Waals surface area contributed by atoms with Crippen LogP contribution in [0.15, 0.2) is 48.7 Å². The molecule has 100 valence electrons. The van der Waals surface area contributed by atoms with E-state index in [1.807, 2.05) is 18.3 Å². The van der Waals surface area contributed by atoms with Gasteiger partial charge in [0, 0.05) is 18.1 Å². The smallest absolute Gasteiger partial charge is 0.132 e. The monoisotopic (exact) mass is 265 g/mol. The Bertz CT molecular complexity index is 785. The predicted octanol–water partition coefficient (Wildman–Crippen LogP) is 4.32. The lowest BCUT2D eigenvalue weighted by atomic mass is 10.1. The number of aryl methyl sites for hydroxylation is 2. The molecule has 20 heavy (non-hydrogen) atoms. The molecule has 0 saturated heterocycles. The van der Waals surface area contributed by atoms with Crippen LogP contribution in [0.4, 0.5) is 4.39 Å². The molecule has 0 amide bonds. The molecule has 1 aliphatic rings. The molecule has 2 heteroatoms. The molecule has 0 aliphatic heterocycles. The van der Waals surface area contributed by atoms with Crippen molar-refractivity contribution in [3.8, 4) is 0 Å². The third-order valence-electron chi connectivity index (χ3n) is 4.28. The number of fused-ring (bicyclic) bond motifs is 2. The number of rotatable bonds is 2. The molecule has 0 spiro atoms. The van der Waals surface area contributed by atoms with Gasteiger partial charge in [-0.05, 0) is 54.2 Å². The molecule has 1 aromatic heterocycles. The fraction of sp³-hybridized carbons (Fsp3) is 0.222. The maximum Gasteiger partial charge on any atom is 0.132 e. The molecule has 0 saturated carbocycles. The van der Waals surface area contributed by atoms with Crippen molar-refractivity contribution in [2.45, 2.75) is 25.8 Å². The highest BCUT2D eigenvalue weighted by Crippen LogP contribution is 2.24. The van der Waals surface area contributed by atoms with Gasteiger partial charge in [0.1, 0.15) is 5.82 Å². The van der Waals surface area contributed by atoms with E-state index >= 15 is 0 Å². The average molecular weight is 265 g/mol. The minimum absolute atomic E-state index is 0.143. The number of hydrogen-bond donors (Lipinski definition) is 0. The Morgan fingerprint density at radius 1 is 1.00 bits per heavy atom. The van der Waals surface area contributed by atoms with E-state index in [-0.39, 0.29) is 5.82 Å². The number of hydrogen-bond acceptors (Lipinski definition) is 0. The Labute approximate surface area is 117 Å². The van der Waals surface area contributed by atoms with Crippen LogP contribution in [0.2, 0.25) is 0 Å². The van der Waals surface area contributed by atoms with Crippen LogP contribution < -0.4 is 0 Å². The standard InChI is InChI=1S/C18H16FN/c19-17-5-2-6-18-16(17)9-10-20(18)12-13-7-8-14-3-1-4-15(14)11-13/h2,5-11H,1,3-4,12H2. The van der Waals surface area contributed by atoms with Gasteiger partial charge < -0.3 is 4.57 Å². The average Bonchev–Trinajstić information content (AvgIpc) is 3.06. The molecule has 0 fully saturated rings. The van der Waals surface area contributed by atoms with Gasteiger partial charge in [-0.2, -0.15) is 0 Å². The second kappa shape index (κ2) is 4.48. The van der Waals surface area contributed by atoms with Gasteiger partial charge in [-0.25, -0.2) is 4.39 Å². The molecule has 1 heterocycles. The number of aromatic nitrogens is 1. The highest BCUT2D eigenvalue weighted by Gasteiger charge is 2.11. The zero-order chi connectivity index (χ0) is 13.5. The van der Waals surface area contributed by atoms with Crippen molar-refractivity contribution in [1.29, 1.82) is 0 Å². The molecule has 3 aromatic rings. The van der Waals surface area contributed by atoms with E-state index in [1.165, 1.54) is 42.0 Å². The molecule has 0 unspecified atom stereocenters. The summed E-state index contributed by atoms with van der Waals surface area (Å²) in [4.78, 5) is 0. The lowest BCUT2D eigenvalue weighted by Crippen LogP contribution is -1.99. The third-order valence-corrected chi connectivity index (χ3v) is 4.28. The van der Waals surface area contributed by atoms with E-state index in [1.54, 1.807) is 6.07 Å². The largest absolute Gasteiger partial charge is 0.343 e. The second-order valence-corrected chi connectivity index (χ2v) is 5.57. The van der Waals surface area contributed by atoms with E-state index in [9.17, 15) is 4.39 Å². The highest BCUT2D eigenvalue weighted by molar-refractivity contribution is 5.80. The molecule has 1 nitrogen and oxygen atoms in total. The lowest BCUT2D eigenvalue weighted by molar-refractivity contribution is 0.639. The fourth-order valence-electron chi connectivity index (χ4n) is 3.24. The number of halogens is 1. The van der Waals surface area contributed by atoms with Crippen molar-refractivity contribution in [1.82, 2.24) is 4.57 Å². The highest BCUT2D eigenvalue weighted by atomic mass is 19.1. The third kappa shape index (κ3) is 1.83. The summed E-state index contributed by atoms with van der Waals surface area (Å²) in [5.41, 5.74) is 5.25. The predicted molar refractivity (Wildman–Crippen MR) is 79.5 cm³/mol. The summed E-state index contributed by atoms with van der Waals surface area (Å²) in [7, 11) is 0. The molecule has 2 aromatic carbocycles. The Morgan fingerprint density at radius 3 is 2.85 bits per heavy atom. The summed E-state index contributed by atoms with van der Waals surface area (Å²) in [5.74, 6) is -0.143. The van der Waals surface area contributed by atoms with Crippen molar-refractivity contribution in [3.63, 3.8) is 0 Å². The second-order valence-electron chi connectivity index (χ2n) is 5.57. The Morgan fingerprint density at radius 2 is 1.90 bits per heavy atom. The van der Waals surface area contributed by atoms with Crippen molar-refractivity contribution in [3.05, 3.63) is 71.2 Å². The van der Waals surface area contributed by atoms with E-state index in [0.29, 0.717) is 5.39 Å². The maximum atomic E-state index is 13.7. The topological polar surface area (TPSA) is 4.93 Å². The summed E-state index contributed by atoms with van der Waals surface area (Å²) >= 11 is 0. The van der Waals surface area contributed by atoms with Crippen molar-refractivity contribution in [2.75, 3.05) is 0 Å². The van der Waals surface area contributed by atoms with Crippen molar-refractivity contribution in [2.24, 2.45) is 0 Å². The first-order valence-electron chi connectivity index (χ1n) is 7.15.